The molecule has 1 amide bonds. The van der Waals surface area contributed by atoms with Crippen molar-refractivity contribution >= 4 is 16.0 Å². The Kier molecular flexibility index (Phi) is 12.4. The third kappa shape index (κ3) is 8.67. The highest BCUT2D eigenvalue weighted by molar-refractivity contribution is 7.85. The summed E-state index contributed by atoms with van der Waals surface area (Å²) in [6.45, 7) is 0.475. The summed E-state index contributed by atoms with van der Waals surface area (Å²) in [5, 5.41) is 93.5. The van der Waals surface area contributed by atoms with Crippen LogP contribution in [0.1, 0.15) is 13.8 Å². The summed E-state index contributed by atoms with van der Waals surface area (Å²) in [7, 11) is -4.94. The van der Waals surface area contributed by atoms with E-state index < -0.39 is 121 Å². The molecule has 2 fully saturated rings. The number of ether oxygens (including phenoxy) is 4. The third-order valence-corrected chi connectivity index (χ3v) is 7.07. The molecule has 14 atom stereocenters. The Bertz CT molecular complexity index is 891. The van der Waals surface area contributed by atoms with Crippen LogP contribution in [-0.2, 0) is 33.9 Å². The molecule has 0 unspecified atom stereocenters. The lowest BCUT2D eigenvalue weighted by Gasteiger charge is -2.45. The van der Waals surface area contributed by atoms with Gasteiger partial charge in [0, 0.05) is 6.92 Å². The monoisotopic (exact) mass is 595 g/mol. The smallest absolute Gasteiger partial charge is 0.267 e. The van der Waals surface area contributed by atoms with Crippen LogP contribution in [0, 0.1) is 0 Å². The van der Waals surface area contributed by atoms with Crippen LogP contribution in [0.5, 0.6) is 0 Å². The largest absolute Gasteiger partial charge is 0.394 e. The number of aliphatic hydroxyl groups is 9. The van der Waals surface area contributed by atoms with Gasteiger partial charge in [-0.2, -0.15) is 8.42 Å². The van der Waals surface area contributed by atoms with Crippen molar-refractivity contribution in [3.8, 4) is 0 Å². The first-order chi connectivity index (χ1) is 18.0. The number of carbonyl (C=O) groups excluding carboxylic acids is 1. The van der Waals surface area contributed by atoms with Crippen molar-refractivity contribution in [3.05, 3.63) is 0 Å². The molecule has 2 heterocycles. The highest BCUT2D eigenvalue weighted by atomic mass is 32.2. The lowest BCUT2D eigenvalue weighted by Crippen LogP contribution is -2.65. The number of carbonyl (C=O) groups is 1. The fraction of sp³-hybridized carbons (Fsp3) is 0.950. The molecule has 0 aliphatic carbocycles. The minimum Gasteiger partial charge on any atom is -0.394 e. The van der Waals surface area contributed by atoms with Crippen molar-refractivity contribution in [2.24, 2.45) is 0 Å². The van der Waals surface area contributed by atoms with Crippen molar-refractivity contribution in [1.29, 1.82) is 0 Å². The molecule has 0 saturated carbocycles. The van der Waals surface area contributed by atoms with E-state index in [1.807, 2.05) is 0 Å². The second kappa shape index (κ2) is 14.2. The molecule has 0 bridgehead atoms. The molecule has 0 spiro atoms. The van der Waals surface area contributed by atoms with Gasteiger partial charge in [0.05, 0.1) is 31.5 Å². The summed E-state index contributed by atoms with van der Waals surface area (Å²) in [6.07, 6.45) is -24.0. The maximum atomic E-state index is 11.8. The number of hydrogen-bond acceptors (Lipinski definition) is 16. The lowest BCUT2D eigenvalue weighted by molar-refractivity contribution is -0.346. The van der Waals surface area contributed by atoms with Crippen LogP contribution in [0.25, 0.3) is 0 Å². The molecule has 11 N–H and O–H groups in total. The van der Waals surface area contributed by atoms with E-state index >= 15 is 0 Å². The molecule has 0 aromatic rings. The van der Waals surface area contributed by atoms with Gasteiger partial charge in [-0.05, 0) is 6.92 Å². The molecule has 19 heteroatoms. The zero-order chi connectivity index (χ0) is 29.8. The number of nitrogens with one attached hydrogen (secondary N) is 1. The zero-order valence-electron chi connectivity index (χ0n) is 20.9. The lowest BCUT2D eigenvalue weighted by atomic mass is 9.97. The van der Waals surface area contributed by atoms with Crippen LogP contribution in [0.15, 0.2) is 0 Å². The number of amides is 1. The normalized spacial score (nSPS) is 39.0. The quantitative estimate of drug-likeness (QED) is 0.0934. The molecule has 230 valence electrons. The van der Waals surface area contributed by atoms with Gasteiger partial charge in [0.1, 0.15) is 60.7 Å². The van der Waals surface area contributed by atoms with E-state index in [9.17, 15) is 63.7 Å². The Morgan fingerprint density at radius 3 is 1.87 bits per heavy atom. The van der Waals surface area contributed by atoms with Crippen LogP contribution < -0.4 is 5.32 Å². The second-order valence-electron chi connectivity index (χ2n) is 9.39. The number of hydrogen-bond donors (Lipinski definition) is 11. The Morgan fingerprint density at radius 2 is 1.38 bits per heavy atom. The summed E-state index contributed by atoms with van der Waals surface area (Å²) >= 11 is 0. The van der Waals surface area contributed by atoms with Gasteiger partial charge in [0.2, 0.25) is 5.91 Å². The minimum atomic E-state index is -4.94. The topological polar surface area (TPSA) is 302 Å². The molecular weight excluding hydrogens is 558 g/mol. The van der Waals surface area contributed by atoms with Crippen LogP contribution in [0.4, 0.5) is 0 Å². The Hall–Kier alpha value is -1.14. The zero-order valence-corrected chi connectivity index (χ0v) is 21.8. The summed E-state index contributed by atoms with van der Waals surface area (Å²) in [6, 6.07) is -1.58. The molecule has 39 heavy (non-hydrogen) atoms. The summed E-state index contributed by atoms with van der Waals surface area (Å²) in [5.41, 5.74) is 0. The fourth-order valence-corrected chi connectivity index (χ4v) is 4.83. The molecule has 18 nitrogen and oxygen atoms in total. The van der Waals surface area contributed by atoms with E-state index in [-0.39, 0.29) is 0 Å². The van der Waals surface area contributed by atoms with Gasteiger partial charge in [-0.15, -0.1) is 0 Å². The van der Waals surface area contributed by atoms with Gasteiger partial charge < -0.3 is 70.2 Å². The van der Waals surface area contributed by atoms with Gasteiger partial charge in [-0.3, -0.25) is 9.35 Å². The van der Waals surface area contributed by atoms with Gasteiger partial charge in [-0.25, -0.2) is 0 Å². The van der Waals surface area contributed by atoms with Gasteiger partial charge in [0.25, 0.3) is 10.1 Å². The highest BCUT2D eigenvalue weighted by Gasteiger charge is 2.50. The molecule has 2 saturated heterocycles. The fourth-order valence-electron chi connectivity index (χ4n) is 4.21. The van der Waals surface area contributed by atoms with Crippen molar-refractivity contribution < 1.29 is 82.7 Å². The maximum Gasteiger partial charge on any atom is 0.267 e. The molecule has 2 aliphatic heterocycles. The maximum absolute atomic E-state index is 11.8. The van der Waals surface area contributed by atoms with E-state index in [0.29, 0.717) is 0 Å². The third-order valence-electron chi connectivity index (χ3n) is 6.31. The standard InChI is InChI=1S/C20H37NO17S/c1-6-11(26)13(28)15(30)19(35-6)37-17(8(3-22)21-7(2)24)18(9(25)5-39(32,33)34)38-20-16(31)14(29)12(27)10(4-23)36-20/h6,8-20,22-23,25-31H,3-5H2,1-2H3,(H,21,24)(H,32,33,34)/t6-,8-,9+,10+,11+,12-,13+,14-,15-,16+,17+,18+,19-,20-/m0/s1. The van der Waals surface area contributed by atoms with Gasteiger partial charge >= 0.3 is 0 Å². The molecule has 0 aromatic heterocycles. The van der Waals surface area contributed by atoms with Gasteiger partial charge in [-0.1, -0.05) is 0 Å². The average molecular weight is 596 g/mol. The van der Waals surface area contributed by atoms with E-state index in [4.69, 9.17) is 18.9 Å². The predicted molar refractivity (Wildman–Crippen MR) is 123 cm³/mol. The second-order valence-corrected chi connectivity index (χ2v) is 10.9. The van der Waals surface area contributed by atoms with Gasteiger partial charge in [0.15, 0.2) is 12.6 Å². The number of aliphatic hydroxyl groups excluding tert-OH is 9. The Labute approximate surface area is 223 Å². The molecule has 2 aliphatic rings. The first-order valence-corrected chi connectivity index (χ1v) is 13.5. The van der Waals surface area contributed by atoms with Crippen LogP contribution >= 0.6 is 0 Å². The highest BCUT2D eigenvalue weighted by Crippen LogP contribution is 2.29. The Morgan fingerprint density at radius 1 is 0.872 bits per heavy atom. The molecular formula is C20H37NO17S. The number of rotatable bonds is 12. The SMILES string of the molecule is CC(=O)N[C@@H](CO)[C@@H](O[C@@H]1O[C@@H](C)[C@@H](O)[C@@H](O)[C@@H]1O)[C@H](O[C@@H]1O[C@H](CO)[C@H](O)[C@H](O)[C@H]1O)[C@H](O)CS(=O)(=O)O. The Balaban J connectivity index is 2.53. The molecule has 2 rings (SSSR count). The average Bonchev–Trinajstić information content (AvgIpc) is 2.84. The predicted octanol–water partition coefficient (Wildman–Crippen LogP) is -6.87. The van der Waals surface area contributed by atoms with Crippen LogP contribution in [-0.4, -0.2) is 170 Å². The van der Waals surface area contributed by atoms with Crippen LogP contribution in [0.2, 0.25) is 0 Å². The van der Waals surface area contributed by atoms with E-state index in [1.165, 1.54) is 6.92 Å². The first-order valence-electron chi connectivity index (χ1n) is 11.8. The summed E-state index contributed by atoms with van der Waals surface area (Å²) in [5.74, 6) is -2.20. The van der Waals surface area contributed by atoms with E-state index in [0.717, 1.165) is 6.92 Å². The molecule has 0 aromatic carbocycles. The van der Waals surface area contributed by atoms with E-state index in [2.05, 4.69) is 5.32 Å². The van der Waals surface area contributed by atoms with Crippen molar-refractivity contribution in [2.45, 2.75) is 99.6 Å². The minimum absolute atomic E-state index is 0.771. The van der Waals surface area contributed by atoms with Crippen molar-refractivity contribution in [1.82, 2.24) is 5.32 Å². The van der Waals surface area contributed by atoms with Crippen molar-refractivity contribution in [3.63, 3.8) is 0 Å². The summed E-state index contributed by atoms with van der Waals surface area (Å²) < 4.78 is 54.2. The summed E-state index contributed by atoms with van der Waals surface area (Å²) in [4.78, 5) is 11.8. The van der Waals surface area contributed by atoms with Crippen molar-refractivity contribution in [2.75, 3.05) is 19.0 Å². The van der Waals surface area contributed by atoms with Crippen LogP contribution in [0.3, 0.4) is 0 Å². The first kappa shape index (κ1) is 34.1. The molecule has 0 radical (unpaired) electrons. The van der Waals surface area contributed by atoms with E-state index in [1.54, 1.807) is 0 Å².